The Bertz CT molecular complexity index is 1050. The van der Waals surface area contributed by atoms with Gasteiger partial charge in [-0.05, 0) is 25.2 Å². The van der Waals surface area contributed by atoms with Gasteiger partial charge in [-0.2, -0.15) is 0 Å². The molecule has 0 saturated carbocycles. The van der Waals surface area contributed by atoms with E-state index in [-0.39, 0.29) is 5.43 Å². The zero-order chi connectivity index (χ0) is 20.6. The predicted molar refractivity (Wildman–Crippen MR) is 116 cm³/mol. The number of ether oxygens (including phenoxy) is 1. The van der Waals surface area contributed by atoms with Crippen LogP contribution in [0.2, 0.25) is 0 Å². The summed E-state index contributed by atoms with van der Waals surface area (Å²) in [4.78, 5) is 26.8. The van der Waals surface area contributed by atoms with Crippen molar-refractivity contribution in [2.75, 3.05) is 26.2 Å². The topological polar surface area (TPSA) is 59.8 Å². The number of likely N-dealkylation sites (N-methyl/N-ethyl adjacent to an activating group) is 1. The van der Waals surface area contributed by atoms with Gasteiger partial charge in [0.2, 0.25) is 0 Å². The van der Waals surface area contributed by atoms with Crippen molar-refractivity contribution in [3.05, 3.63) is 76.5 Å². The molecule has 5 nitrogen and oxygen atoms in total. The summed E-state index contributed by atoms with van der Waals surface area (Å²) >= 11 is 0. The Balaban J connectivity index is 1.82. The van der Waals surface area contributed by atoms with E-state index in [0.29, 0.717) is 35.4 Å². The Morgan fingerprint density at radius 2 is 1.83 bits per heavy atom. The summed E-state index contributed by atoms with van der Waals surface area (Å²) in [5, 5.41) is 0.474. The highest BCUT2D eigenvalue weighted by atomic mass is 16.5. The SMILES string of the molecule is CCN(CC)CCOC(=O)/C=C\c1cccc2c(=O)cc(-c3ccccc3)oc12. The summed E-state index contributed by atoms with van der Waals surface area (Å²) in [6.45, 7) is 7.03. The summed E-state index contributed by atoms with van der Waals surface area (Å²) in [5.41, 5.74) is 1.80. The highest BCUT2D eigenvalue weighted by Crippen LogP contribution is 2.24. The van der Waals surface area contributed by atoms with E-state index in [9.17, 15) is 9.59 Å². The Kier molecular flexibility index (Phi) is 6.98. The standard InChI is InChI=1S/C24H25NO4/c1-3-25(4-2)15-16-28-23(27)14-13-19-11-8-12-20-21(26)17-22(29-24(19)20)18-9-6-5-7-10-18/h5-14,17H,3-4,15-16H2,1-2H3/b14-13-. The van der Waals surface area contributed by atoms with Crippen LogP contribution in [0.4, 0.5) is 0 Å². The van der Waals surface area contributed by atoms with Crippen LogP contribution in [0.1, 0.15) is 19.4 Å². The highest BCUT2D eigenvalue weighted by molar-refractivity contribution is 5.92. The maximum atomic E-state index is 12.5. The lowest BCUT2D eigenvalue weighted by molar-refractivity contribution is -0.138. The summed E-state index contributed by atoms with van der Waals surface area (Å²) < 4.78 is 11.3. The molecule has 2 aromatic carbocycles. The average molecular weight is 391 g/mol. The van der Waals surface area contributed by atoms with Gasteiger partial charge in [0.05, 0.1) is 5.39 Å². The van der Waals surface area contributed by atoms with Crippen molar-refractivity contribution in [1.29, 1.82) is 0 Å². The van der Waals surface area contributed by atoms with Crippen molar-refractivity contribution in [3.8, 4) is 11.3 Å². The van der Waals surface area contributed by atoms with Crippen molar-refractivity contribution in [3.63, 3.8) is 0 Å². The molecule has 0 aliphatic rings. The number of hydrogen-bond donors (Lipinski definition) is 0. The van der Waals surface area contributed by atoms with Gasteiger partial charge in [0.25, 0.3) is 0 Å². The molecule has 0 aliphatic heterocycles. The lowest BCUT2D eigenvalue weighted by Gasteiger charge is -2.17. The summed E-state index contributed by atoms with van der Waals surface area (Å²) in [6, 6.07) is 16.2. The zero-order valence-electron chi connectivity index (χ0n) is 16.8. The molecule has 0 fully saturated rings. The monoisotopic (exact) mass is 391 g/mol. The van der Waals surface area contributed by atoms with Crippen LogP contribution >= 0.6 is 0 Å². The van der Waals surface area contributed by atoms with Crippen LogP contribution in [-0.2, 0) is 9.53 Å². The normalized spacial score (nSPS) is 11.4. The number of para-hydroxylation sites is 1. The van der Waals surface area contributed by atoms with E-state index in [1.165, 1.54) is 12.1 Å². The van der Waals surface area contributed by atoms with Gasteiger partial charge in [0.15, 0.2) is 5.43 Å². The number of nitrogens with zero attached hydrogens (tertiary/aromatic N) is 1. The third-order valence-corrected chi connectivity index (χ3v) is 4.79. The molecule has 0 unspecified atom stereocenters. The van der Waals surface area contributed by atoms with Gasteiger partial charge >= 0.3 is 5.97 Å². The van der Waals surface area contributed by atoms with Crippen molar-refractivity contribution < 1.29 is 13.9 Å². The van der Waals surface area contributed by atoms with E-state index in [1.54, 1.807) is 24.3 Å². The first-order valence-electron chi connectivity index (χ1n) is 9.81. The highest BCUT2D eigenvalue weighted by Gasteiger charge is 2.09. The van der Waals surface area contributed by atoms with Crippen LogP contribution in [0.25, 0.3) is 28.4 Å². The molecule has 0 N–H and O–H groups in total. The smallest absolute Gasteiger partial charge is 0.330 e. The quantitative estimate of drug-likeness (QED) is 0.422. The number of benzene rings is 2. The van der Waals surface area contributed by atoms with Gasteiger partial charge in [0.1, 0.15) is 18.0 Å². The molecule has 0 aliphatic carbocycles. The van der Waals surface area contributed by atoms with Crippen molar-refractivity contribution in [2.24, 2.45) is 0 Å². The maximum Gasteiger partial charge on any atom is 0.330 e. The fourth-order valence-corrected chi connectivity index (χ4v) is 3.10. The van der Waals surface area contributed by atoms with Gasteiger partial charge in [-0.15, -0.1) is 0 Å². The molecule has 3 rings (SSSR count). The molecule has 1 aromatic heterocycles. The van der Waals surface area contributed by atoms with Crippen LogP contribution in [0.3, 0.4) is 0 Å². The largest absolute Gasteiger partial charge is 0.461 e. The summed E-state index contributed by atoms with van der Waals surface area (Å²) in [6.07, 6.45) is 2.99. The molecule has 3 aromatic rings. The molecule has 0 saturated heterocycles. The molecular weight excluding hydrogens is 366 g/mol. The van der Waals surface area contributed by atoms with E-state index in [4.69, 9.17) is 9.15 Å². The second-order valence-corrected chi connectivity index (χ2v) is 6.59. The predicted octanol–water partition coefficient (Wildman–Crippen LogP) is 4.36. The average Bonchev–Trinajstić information content (AvgIpc) is 2.76. The molecule has 0 spiro atoms. The maximum absolute atomic E-state index is 12.5. The zero-order valence-corrected chi connectivity index (χ0v) is 16.8. The number of carbonyl (C=O) groups is 1. The van der Waals surface area contributed by atoms with E-state index in [0.717, 1.165) is 18.7 Å². The molecule has 0 amide bonds. The molecule has 29 heavy (non-hydrogen) atoms. The van der Waals surface area contributed by atoms with Gasteiger partial charge < -0.3 is 14.1 Å². The van der Waals surface area contributed by atoms with Crippen LogP contribution in [0.15, 0.2) is 69.9 Å². The second kappa shape index (κ2) is 9.85. The minimum absolute atomic E-state index is 0.123. The molecule has 5 heteroatoms. The second-order valence-electron chi connectivity index (χ2n) is 6.59. The lowest BCUT2D eigenvalue weighted by Crippen LogP contribution is -2.27. The first kappa shape index (κ1) is 20.6. The molecule has 0 atom stereocenters. The summed E-state index contributed by atoms with van der Waals surface area (Å²) in [7, 11) is 0. The van der Waals surface area contributed by atoms with Crippen LogP contribution in [0, 0.1) is 0 Å². The van der Waals surface area contributed by atoms with Gasteiger partial charge in [-0.25, -0.2) is 4.79 Å². The number of esters is 1. The van der Waals surface area contributed by atoms with Crippen LogP contribution in [0.5, 0.6) is 0 Å². The molecule has 1 heterocycles. The van der Waals surface area contributed by atoms with E-state index >= 15 is 0 Å². The Labute approximate surface area is 170 Å². The Morgan fingerprint density at radius 1 is 1.07 bits per heavy atom. The van der Waals surface area contributed by atoms with Gasteiger partial charge in [-0.1, -0.05) is 56.3 Å². The van der Waals surface area contributed by atoms with E-state index in [1.807, 2.05) is 30.3 Å². The van der Waals surface area contributed by atoms with Crippen LogP contribution in [-0.4, -0.2) is 37.1 Å². The molecule has 150 valence electrons. The van der Waals surface area contributed by atoms with Crippen molar-refractivity contribution >= 4 is 23.0 Å². The molecular formula is C24H25NO4. The first-order valence-corrected chi connectivity index (χ1v) is 9.81. The van der Waals surface area contributed by atoms with Crippen LogP contribution < -0.4 is 5.43 Å². The Morgan fingerprint density at radius 3 is 2.55 bits per heavy atom. The number of rotatable bonds is 8. The molecule has 0 radical (unpaired) electrons. The van der Waals surface area contributed by atoms with Gasteiger partial charge in [-0.3, -0.25) is 4.79 Å². The number of fused-ring (bicyclic) bond motifs is 1. The minimum Gasteiger partial charge on any atom is -0.461 e. The van der Waals surface area contributed by atoms with Gasteiger partial charge in [0, 0.05) is 29.8 Å². The minimum atomic E-state index is -0.421. The first-order chi connectivity index (χ1) is 14.1. The Hall–Kier alpha value is -3.18. The fourth-order valence-electron chi connectivity index (χ4n) is 3.10. The van der Waals surface area contributed by atoms with Crippen molar-refractivity contribution in [1.82, 2.24) is 4.90 Å². The third-order valence-electron chi connectivity index (χ3n) is 4.79. The van der Waals surface area contributed by atoms with Crippen molar-refractivity contribution in [2.45, 2.75) is 13.8 Å². The van der Waals surface area contributed by atoms with E-state index in [2.05, 4.69) is 18.7 Å². The summed E-state index contributed by atoms with van der Waals surface area (Å²) in [5.74, 6) is 0.0708. The fraction of sp³-hybridized carbons (Fsp3) is 0.250. The third kappa shape index (κ3) is 5.21. The lowest BCUT2D eigenvalue weighted by atomic mass is 10.1. The molecule has 0 bridgehead atoms. The number of carbonyl (C=O) groups excluding carboxylic acids is 1. The number of hydrogen-bond acceptors (Lipinski definition) is 5. The van der Waals surface area contributed by atoms with E-state index < -0.39 is 5.97 Å².